The predicted octanol–water partition coefficient (Wildman–Crippen LogP) is 3.54. The van der Waals surface area contributed by atoms with Crippen molar-refractivity contribution >= 4 is 5.91 Å². The van der Waals surface area contributed by atoms with Gasteiger partial charge in [-0.05, 0) is 30.3 Å². The van der Waals surface area contributed by atoms with Gasteiger partial charge in [0.15, 0.2) is 11.5 Å². The molecule has 0 radical (unpaired) electrons. The van der Waals surface area contributed by atoms with Crippen LogP contribution in [-0.2, 0) is 6.54 Å². The number of rotatable bonds is 7. The van der Waals surface area contributed by atoms with Gasteiger partial charge in [-0.3, -0.25) is 4.79 Å². The summed E-state index contributed by atoms with van der Waals surface area (Å²) in [5.74, 6) is 0.564. The van der Waals surface area contributed by atoms with Crippen LogP contribution < -0.4 is 24.3 Å². The molecule has 146 valence electrons. The zero-order valence-corrected chi connectivity index (χ0v) is 14.8. The molecular weight excluding hydrogens is 367 g/mol. The van der Waals surface area contributed by atoms with Gasteiger partial charge in [-0.25, -0.2) is 0 Å². The molecule has 1 N–H and O–H groups in total. The third kappa shape index (κ3) is 5.44. The van der Waals surface area contributed by atoms with E-state index in [1.807, 2.05) is 0 Å². The number of carbonyl (C=O) groups excluding carboxylic acids is 1. The highest BCUT2D eigenvalue weighted by molar-refractivity contribution is 5.94. The van der Waals surface area contributed by atoms with E-state index in [-0.39, 0.29) is 12.1 Å². The van der Waals surface area contributed by atoms with E-state index in [0.717, 1.165) is 12.1 Å². The first-order valence-electron chi connectivity index (χ1n) is 7.70. The van der Waals surface area contributed by atoms with Gasteiger partial charge in [-0.1, -0.05) is 0 Å². The van der Waals surface area contributed by atoms with Crippen molar-refractivity contribution in [3.8, 4) is 23.0 Å². The third-order valence-corrected chi connectivity index (χ3v) is 3.58. The molecule has 0 unspecified atom stereocenters. The molecule has 0 heterocycles. The Labute approximate surface area is 153 Å². The minimum atomic E-state index is -4.78. The molecule has 0 bridgehead atoms. The summed E-state index contributed by atoms with van der Waals surface area (Å²) in [6.45, 7) is 0.114. The average molecular weight is 385 g/mol. The lowest BCUT2D eigenvalue weighted by Gasteiger charge is -2.14. The van der Waals surface area contributed by atoms with Crippen LogP contribution in [0.3, 0.4) is 0 Å². The van der Waals surface area contributed by atoms with Gasteiger partial charge < -0.3 is 24.3 Å². The molecule has 0 spiro atoms. The molecule has 0 aliphatic heterocycles. The number of alkyl halides is 3. The summed E-state index contributed by atoms with van der Waals surface area (Å²) in [6.07, 6.45) is -4.78. The second-order valence-electron chi connectivity index (χ2n) is 5.27. The van der Waals surface area contributed by atoms with Gasteiger partial charge in [0, 0.05) is 23.7 Å². The fourth-order valence-electron chi connectivity index (χ4n) is 2.32. The Bertz CT molecular complexity index is 791. The first-order valence-corrected chi connectivity index (χ1v) is 7.70. The zero-order chi connectivity index (χ0) is 20.0. The van der Waals surface area contributed by atoms with E-state index in [4.69, 9.17) is 14.2 Å². The fourth-order valence-corrected chi connectivity index (χ4v) is 2.32. The molecule has 0 saturated carbocycles. The molecule has 1 amide bonds. The largest absolute Gasteiger partial charge is 0.573 e. The van der Waals surface area contributed by atoms with Crippen LogP contribution >= 0.6 is 0 Å². The number of amides is 1. The Morgan fingerprint density at radius 1 is 0.926 bits per heavy atom. The molecule has 0 aromatic heterocycles. The van der Waals surface area contributed by atoms with E-state index in [2.05, 4.69) is 10.1 Å². The molecule has 0 aliphatic rings. The monoisotopic (exact) mass is 385 g/mol. The summed E-state index contributed by atoms with van der Waals surface area (Å²) in [6, 6.07) is 7.91. The fraction of sp³-hybridized carbons (Fsp3) is 0.278. The Balaban J connectivity index is 2.09. The molecule has 0 saturated heterocycles. The van der Waals surface area contributed by atoms with Crippen molar-refractivity contribution in [2.75, 3.05) is 21.3 Å². The number of hydrogen-bond acceptors (Lipinski definition) is 5. The topological polar surface area (TPSA) is 66.0 Å². The first-order chi connectivity index (χ1) is 12.8. The highest BCUT2D eigenvalue weighted by Crippen LogP contribution is 2.34. The van der Waals surface area contributed by atoms with Gasteiger partial charge in [0.25, 0.3) is 5.91 Å². The number of carbonyl (C=O) groups is 1. The molecule has 0 atom stereocenters. The lowest BCUT2D eigenvalue weighted by atomic mass is 10.1. The Morgan fingerprint density at radius 3 is 2.00 bits per heavy atom. The number of nitrogens with one attached hydrogen (secondary N) is 1. The molecule has 27 heavy (non-hydrogen) atoms. The quantitative estimate of drug-likeness (QED) is 0.790. The van der Waals surface area contributed by atoms with Gasteiger partial charge in [0.1, 0.15) is 11.5 Å². The lowest BCUT2D eigenvalue weighted by molar-refractivity contribution is -0.274. The Morgan fingerprint density at radius 2 is 1.48 bits per heavy atom. The van der Waals surface area contributed by atoms with Crippen LogP contribution in [0.5, 0.6) is 23.0 Å². The highest BCUT2D eigenvalue weighted by Gasteiger charge is 2.31. The third-order valence-electron chi connectivity index (χ3n) is 3.58. The van der Waals surface area contributed by atoms with Crippen molar-refractivity contribution in [3.05, 3.63) is 47.5 Å². The average Bonchev–Trinajstić information content (AvgIpc) is 2.64. The van der Waals surface area contributed by atoms with E-state index in [0.29, 0.717) is 22.8 Å². The number of ether oxygens (including phenoxy) is 4. The van der Waals surface area contributed by atoms with Crippen LogP contribution in [0.25, 0.3) is 0 Å². The van der Waals surface area contributed by atoms with E-state index in [1.54, 1.807) is 12.1 Å². The van der Waals surface area contributed by atoms with E-state index < -0.39 is 18.0 Å². The van der Waals surface area contributed by atoms with Crippen LogP contribution in [0.4, 0.5) is 13.2 Å². The molecule has 2 aromatic rings. The molecular formula is C18H18F3NO5. The molecule has 0 aliphatic carbocycles. The number of halogens is 3. The normalized spacial score (nSPS) is 10.9. The number of methoxy groups -OCH3 is 3. The summed E-state index contributed by atoms with van der Waals surface area (Å²) in [5.41, 5.74) is 0.824. The van der Waals surface area contributed by atoms with Crippen LogP contribution in [0.2, 0.25) is 0 Å². The van der Waals surface area contributed by atoms with Crippen molar-refractivity contribution in [2.45, 2.75) is 12.9 Å². The maximum atomic E-state index is 12.2. The Hall–Kier alpha value is -3.10. The zero-order valence-electron chi connectivity index (χ0n) is 14.8. The molecule has 6 nitrogen and oxygen atoms in total. The summed E-state index contributed by atoms with van der Waals surface area (Å²) >= 11 is 0. The summed E-state index contributed by atoms with van der Waals surface area (Å²) in [7, 11) is 4.45. The smallest absolute Gasteiger partial charge is 0.496 e. The van der Waals surface area contributed by atoms with Crippen molar-refractivity contribution in [1.29, 1.82) is 0 Å². The maximum Gasteiger partial charge on any atom is 0.573 e. The van der Waals surface area contributed by atoms with Gasteiger partial charge in [0.2, 0.25) is 0 Å². The van der Waals surface area contributed by atoms with Gasteiger partial charge in [-0.2, -0.15) is 0 Å². The van der Waals surface area contributed by atoms with Gasteiger partial charge in [0.05, 0.1) is 21.3 Å². The van der Waals surface area contributed by atoms with Crippen molar-refractivity contribution in [3.63, 3.8) is 0 Å². The second-order valence-corrected chi connectivity index (χ2v) is 5.27. The molecule has 9 heteroatoms. The minimum absolute atomic E-state index is 0.114. The van der Waals surface area contributed by atoms with E-state index in [1.165, 1.54) is 33.5 Å². The van der Waals surface area contributed by atoms with Crippen LogP contribution in [0.1, 0.15) is 15.9 Å². The van der Waals surface area contributed by atoms with Crippen LogP contribution in [0, 0.1) is 0 Å². The van der Waals surface area contributed by atoms with Crippen molar-refractivity contribution in [1.82, 2.24) is 5.32 Å². The highest BCUT2D eigenvalue weighted by atomic mass is 19.4. The molecule has 0 fully saturated rings. The lowest BCUT2D eigenvalue weighted by Crippen LogP contribution is -2.23. The van der Waals surface area contributed by atoms with Crippen molar-refractivity contribution < 1.29 is 36.9 Å². The first kappa shape index (κ1) is 20.2. The van der Waals surface area contributed by atoms with E-state index >= 15 is 0 Å². The Kier molecular flexibility index (Phi) is 6.38. The minimum Gasteiger partial charge on any atom is -0.496 e. The predicted molar refractivity (Wildman–Crippen MR) is 90.4 cm³/mol. The van der Waals surface area contributed by atoms with Crippen LogP contribution in [0.15, 0.2) is 36.4 Å². The molecule has 2 rings (SSSR count). The number of hydrogen-bond donors (Lipinski definition) is 1. The standard InChI is InChI=1S/C18H18F3NO5/c1-24-14-9-16(26-3)15(25-2)8-12(14)10-22-17(23)11-4-6-13(7-5-11)27-18(19,20)21/h4-9H,10H2,1-3H3,(H,22,23). The summed E-state index contributed by atoms with van der Waals surface area (Å²) in [4.78, 5) is 12.2. The van der Waals surface area contributed by atoms with Crippen molar-refractivity contribution in [2.24, 2.45) is 0 Å². The molecule has 2 aromatic carbocycles. The summed E-state index contributed by atoms with van der Waals surface area (Å²) < 4.78 is 55.9. The van der Waals surface area contributed by atoms with E-state index in [9.17, 15) is 18.0 Å². The van der Waals surface area contributed by atoms with Gasteiger partial charge >= 0.3 is 6.36 Å². The van der Waals surface area contributed by atoms with Gasteiger partial charge in [-0.15, -0.1) is 13.2 Å². The maximum absolute atomic E-state index is 12.2. The second kappa shape index (κ2) is 8.52. The number of benzene rings is 2. The van der Waals surface area contributed by atoms with Crippen LogP contribution in [-0.4, -0.2) is 33.6 Å². The SMILES string of the molecule is COc1cc(OC)c(OC)cc1CNC(=O)c1ccc(OC(F)(F)F)cc1. The summed E-state index contributed by atoms with van der Waals surface area (Å²) in [5, 5.41) is 2.67.